The van der Waals surface area contributed by atoms with Gasteiger partial charge in [0.2, 0.25) is 0 Å². The summed E-state index contributed by atoms with van der Waals surface area (Å²) in [6.45, 7) is 11.9. The second-order valence-corrected chi connectivity index (χ2v) is 5.98. The van der Waals surface area contributed by atoms with E-state index in [0.717, 1.165) is 29.6 Å². The molecule has 0 radical (unpaired) electrons. The molecule has 1 rings (SSSR count). The van der Waals surface area contributed by atoms with E-state index in [4.69, 9.17) is 0 Å². The van der Waals surface area contributed by atoms with Crippen LogP contribution in [-0.2, 0) is 0 Å². The van der Waals surface area contributed by atoms with Crippen LogP contribution in [0, 0.1) is 29.6 Å². The molecule has 84 valence electrons. The van der Waals surface area contributed by atoms with E-state index in [1.54, 1.807) is 0 Å². The van der Waals surface area contributed by atoms with Gasteiger partial charge in [0.1, 0.15) is 0 Å². The zero-order valence-electron chi connectivity index (χ0n) is 10.7. The van der Waals surface area contributed by atoms with Crippen LogP contribution in [0.25, 0.3) is 0 Å². The van der Waals surface area contributed by atoms with Crippen molar-refractivity contribution in [1.82, 2.24) is 0 Å². The third kappa shape index (κ3) is 3.63. The van der Waals surface area contributed by atoms with Gasteiger partial charge in [-0.2, -0.15) is 0 Å². The summed E-state index contributed by atoms with van der Waals surface area (Å²) in [5.41, 5.74) is 0. The van der Waals surface area contributed by atoms with E-state index < -0.39 is 0 Å². The van der Waals surface area contributed by atoms with E-state index in [9.17, 15) is 0 Å². The zero-order valence-corrected chi connectivity index (χ0v) is 10.7. The highest BCUT2D eigenvalue weighted by Gasteiger charge is 2.31. The minimum absolute atomic E-state index is 0.852. The van der Waals surface area contributed by atoms with Gasteiger partial charge in [-0.1, -0.05) is 53.9 Å². The number of rotatable bonds is 6. The molecule has 1 saturated carbocycles. The van der Waals surface area contributed by atoms with Gasteiger partial charge >= 0.3 is 0 Å². The Morgan fingerprint density at radius 1 is 1.14 bits per heavy atom. The Bertz CT molecular complexity index is 159. The summed E-state index contributed by atoms with van der Waals surface area (Å²) in [6.07, 6.45) is 5.92. The summed E-state index contributed by atoms with van der Waals surface area (Å²) in [5, 5.41) is 0. The topological polar surface area (TPSA) is 0 Å². The predicted molar refractivity (Wildman–Crippen MR) is 64.3 cm³/mol. The van der Waals surface area contributed by atoms with Crippen molar-refractivity contribution in [3.63, 3.8) is 0 Å². The summed E-state index contributed by atoms with van der Waals surface area (Å²) < 4.78 is 0. The molecule has 0 aromatic heterocycles. The van der Waals surface area contributed by atoms with Crippen molar-refractivity contribution >= 4 is 0 Å². The standard InChI is InChI=1S/C14H28/c1-10(2)13(5)11(3)7-6-8-14-9-12(14)4/h10-14H,6-9H2,1-5H3. The molecule has 0 aromatic rings. The summed E-state index contributed by atoms with van der Waals surface area (Å²) >= 11 is 0. The van der Waals surface area contributed by atoms with Crippen LogP contribution in [0.5, 0.6) is 0 Å². The highest BCUT2D eigenvalue weighted by atomic mass is 14.4. The fraction of sp³-hybridized carbons (Fsp3) is 1.00. The quantitative estimate of drug-likeness (QED) is 0.575. The van der Waals surface area contributed by atoms with Crippen molar-refractivity contribution in [2.45, 2.75) is 60.3 Å². The van der Waals surface area contributed by atoms with Crippen LogP contribution < -0.4 is 0 Å². The molecule has 0 aliphatic heterocycles. The highest BCUT2D eigenvalue weighted by Crippen LogP contribution is 2.42. The molecule has 4 unspecified atom stereocenters. The zero-order chi connectivity index (χ0) is 10.7. The molecule has 1 aliphatic rings. The first-order chi connectivity index (χ1) is 6.52. The smallest absolute Gasteiger partial charge is 0.0386 e. The summed E-state index contributed by atoms with van der Waals surface area (Å²) in [7, 11) is 0. The third-order valence-corrected chi connectivity index (χ3v) is 4.46. The molecule has 0 heterocycles. The van der Waals surface area contributed by atoms with Gasteiger partial charge in [-0.05, 0) is 36.0 Å². The maximum Gasteiger partial charge on any atom is -0.0386 e. The fourth-order valence-electron chi connectivity index (χ4n) is 2.42. The van der Waals surface area contributed by atoms with Crippen LogP contribution in [0.3, 0.4) is 0 Å². The minimum Gasteiger partial charge on any atom is -0.0625 e. The molecule has 0 bridgehead atoms. The van der Waals surface area contributed by atoms with Crippen molar-refractivity contribution in [2.24, 2.45) is 29.6 Å². The van der Waals surface area contributed by atoms with Crippen molar-refractivity contribution in [2.75, 3.05) is 0 Å². The second kappa shape index (κ2) is 5.19. The van der Waals surface area contributed by atoms with Crippen LogP contribution in [0.1, 0.15) is 60.3 Å². The number of hydrogen-bond donors (Lipinski definition) is 0. The Morgan fingerprint density at radius 3 is 2.14 bits per heavy atom. The fourth-order valence-corrected chi connectivity index (χ4v) is 2.42. The van der Waals surface area contributed by atoms with Gasteiger partial charge in [0.05, 0.1) is 0 Å². The molecule has 0 amide bonds. The van der Waals surface area contributed by atoms with Gasteiger partial charge in [0, 0.05) is 0 Å². The molecule has 0 heteroatoms. The Labute approximate surface area is 90.5 Å². The molecule has 0 nitrogen and oxygen atoms in total. The molecule has 0 aromatic carbocycles. The summed E-state index contributed by atoms with van der Waals surface area (Å²) in [6, 6.07) is 0. The maximum absolute atomic E-state index is 2.43. The molecule has 1 aliphatic carbocycles. The van der Waals surface area contributed by atoms with Gasteiger partial charge in [0.15, 0.2) is 0 Å². The lowest BCUT2D eigenvalue weighted by Crippen LogP contribution is -2.14. The van der Waals surface area contributed by atoms with Crippen LogP contribution in [0.4, 0.5) is 0 Å². The Hall–Kier alpha value is 0. The average molecular weight is 196 g/mol. The van der Waals surface area contributed by atoms with E-state index in [1.807, 2.05) is 0 Å². The predicted octanol–water partition coefficient (Wildman–Crippen LogP) is 4.74. The van der Waals surface area contributed by atoms with E-state index in [2.05, 4.69) is 34.6 Å². The summed E-state index contributed by atoms with van der Waals surface area (Å²) in [4.78, 5) is 0. The Kier molecular flexibility index (Phi) is 4.47. The van der Waals surface area contributed by atoms with Gasteiger partial charge in [-0.25, -0.2) is 0 Å². The monoisotopic (exact) mass is 196 g/mol. The lowest BCUT2D eigenvalue weighted by atomic mass is 9.83. The molecule has 1 fully saturated rings. The first kappa shape index (κ1) is 12.1. The van der Waals surface area contributed by atoms with Crippen LogP contribution in [0.15, 0.2) is 0 Å². The molecular formula is C14H28. The van der Waals surface area contributed by atoms with Crippen molar-refractivity contribution in [1.29, 1.82) is 0 Å². The van der Waals surface area contributed by atoms with Crippen LogP contribution >= 0.6 is 0 Å². The summed E-state index contributed by atoms with van der Waals surface area (Å²) in [5.74, 6) is 4.81. The lowest BCUT2D eigenvalue weighted by molar-refractivity contribution is 0.274. The second-order valence-electron chi connectivity index (χ2n) is 5.98. The van der Waals surface area contributed by atoms with E-state index in [-0.39, 0.29) is 0 Å². The lowest BCUT2D eigenvalue weighted by Gasteiger charge is -2.23. The van der Waals surface area contributed by atoms with Crippen LogP contribution in [-0.4, -0.2) is 0 Å². The Morgan fingerprint density at radius 2 is 1.71 bits per heavy atom. The van der Waals surface area contributed by atoms with E-state index >= 15 is 0 Å². The van der Waals surface area contributed by atoms with Gasteiger partial charge in [-0.15, -0.1) is 0 Å². The van der Waals surface area contributed by atoms with Crippen molar-refractivity contribution < 1.29 is 0 Å². The highest BCUT2D eigenvalue weighted by molar-refractivity contribution is 4.82. The molecular weight excluding hydrogens is 168 g/mol. The van der Waals surface area contributed by atoms with Crippen molar-refractivity contribution in [3.8, 4) is 0 Å². The normalized spacial score (nSPS) is 30.4. The largest absolute Gasteiger partial charge is 0.0625 e. The average Bonchev–Trinajstić information content (AvgIpc) is 2.80. The molecule has 14 heavy (non-hydrogen) atoms. The van der Waals surface area contributed by atoms with Gasteiger partial charge < -0.3 is 0 Å². The molecule has 0 spiro atoms. The van der Waals surface area contributed by atoms with Crippen molar-refractivity contribution in [3.05, 3.63) is 0 Å². The first-order valence-corrected chi connectivity index (χ1v) is 6.52. The minimum atomic E-state index is 0.852. The van der Waals surface area contributed by atoms with Crippen LogP contribution in [0.2, 0.25) is 0 Å². The number of hydrogen-bond acceptors (Lipinski definition) is 0. The molecule has 4 atom stereocenters. The van der Waals surface area contributed by atoms with Gasteiger partial charge in [0.25, 0.3) is 0 Å². The first-order valence-electron chi connectivity index (χ1n) is 6.52. The SMILES string of the molecule is CC(C)C(C)C(C)CCCC1CC1C. The molecule has 0 saturated heterocycles. The third-order valence-electron chi connectivity index (χ3n) is 4.46. The Balaban J connectivity index is 2.05. The van der Waals surface area contributed by atoms with Gasteiger partial charge in [-0.3, -0.25) is 0 Å². The maximum atomic E-state index is 2.43. The van der Waals surface area contributed by atoms with E-state index in [0.29, 0.717) is 0 Å². The molecule has 0 N–H and O–H groups in total. The van der Waals surface area contributed by atoms with E-state index in [1.165, 1.54) is 25.7 Å².